The fourth-order valence-electron chi connectivity index (χ4n) is 9.24. The Morgan fingerprint density at radius 2 is 1.58 bits per heavy atom. The Kier molecular flexibility index (Phi) is 13.6. The molecule has 274 valence electrons. The van der Waals surface area contributed by atoms with E-state index in [9.17, 15) is 19.8 Å². The van der Waals surface area contributed by atoms with Gasteiger partial charge in [0.05, 0.1) is 17.3 Å². The summed E-state index contributed by atoms with van der Waals surface area (Å²) < 4.78 is 11.7. The van der Waals surface area contributed by atoms with Crippen molar-refractivity contribution in [2.24, 2.45) is 28.6 Å². The second-order valence-corrected chi connectivity index (χ2v) is 17.9. The van der Waals surface area contributed by atoms with Gasteiger partial charge in [0.15, 0.2) is 5.78 Å². The molecule has 0 aromatic rings. The number of aliphatic hydroxyl groups excluding tert-OH is 1. The first-order chi connectivity index (χ1) is 22.1. The van der Waals surface area contributed by atoms with Crippen molar-refractivity contribution in [2.45, 2.75) is 189 Å². The number of carbonyl (C=O) groups is 2. The van der Waals surface area contributed by atoms with Gasteiger partial charge in [-0.05, 0) is 112 Å². The number of rotatable bonds is 17. The largest absolute Gasteiger partial charge is 0.462 e. The highest BCUT2D eigenvalue weighted by molar-refractivity contribution is 5.96. The second kappa shape index (κ2) is 16.1. The normalized spacial score (nSPS) is 34.0. The van der Waals surface area contributed by atoms with Crippen molar-refractivity contribution in [3.63, 3.8) is 0 Å². The van der Waals surface area contributed by atoms with Crippen LogP contribution < -0.4 is 0 Å². The summed E-state index contributed by atoms with van der Waals surface area (Å²) in [6.07, 6.45) is 20.1. The van der Waals surface area contributed by atoms with Crippen molar-refractivity contribution in [2.75, 3.05) is 0 Å². The molecule has 0 bridgehead atoms. The van der Waals surface area contributed by atoms with Gasteiger partial charge in [0.1, 0.15) is 11.7 Å². The average Bonchev–Trinajstić information content (AvgIpc) is 3.53. The molecule has 0 amide bonds. The van der Waals surface area contributed by atoms with Crippen LogP contribution >= 0.6 is 0 Å². The molecule has 48 heavy (non-hydrogen) atoms. The maximum atomic E-state index is 13.2. The molecular formula is C42H70O6. The van der Waals surface area contributed by atoms with Crippen molar-refractivity contribution in [3.05, 3.63) is 35.5 Å². The van der Waals surface area contributed by atoms with Crippen molar-refractivity contribution in [3.8, 4) is 0 Å². The van der Waals surface area contributed by atoms with Gasteiger partial charge >= 0.3 is 5.97 Å². The van der Waals surface area contributed by atoms with E-state index in [1.807, 2.05) is 13.8 Å². The molecule has 3 unspecified atom stereocenters. The molecule has 1 saturated heterocycles. The molecule has 2 aliphatic carbocycles. The lowest BCUT2D eigenvalue weighted by molar-refractivity contribution is -0.152. The van der Waals surface area contributed by atoms with Crippen LogP contribution in [0, 0.1) is 28.6 Å². The number of ether oxygens (including phenoxy) is 2. The summed E-state index contributed by atoms with van der Waals surface area (Å²) in [7, 11) is 0. The highest BCUT2D eigenvalue weighted by Gasteiger charge is 2.76. The van der Waals surface area contributed by atoms with Crippen molar-refractivity contribution in [1.82, 2.24) is 0 Å². The Labute approximate surface area is 293 Å². The first-order valence-corrected chi connectivity index (χ1v) is 19.0. The summed E-state index contributed by atoms with van der Waals surface area (Å²) >= 11 is 0. The predicted octanol–water partition coefficient (Wildman–Crippen LogP) is 9.61. The average molecular weight is 671 g/mol. The Hall–Kier alpha value is -1.76. The van der Waals surface area contributed by atoms with E-state index in [-0.39, 0.29) is 34.8 Å². The predicted molar refractivity (Wildman–Crippen MR) is 195 cm³/mol. The number of aliphatic hydroxyl groups is 2. The molecule has 0 radical (unpaired) electrons. The number of epoxide rings is 1. The van der Waals surface area contributed by atoms with Crippen LogP contribution in [0.3, 0.4) is 0 Å². The molecule has 3 rings (SSSR count). The number of ketones is 1. The minimum absolute atomic E-state index is 0.177. The molecule has 2 saturated carbocycles. The van der Waals surface area contributed by atoms with Crippen LogP contribution in [0.25, 0.3) is 0 Å². The number of allylic oxidation sites excluding steroid dienone is 5. The van der Waals surface area contributed by atoms with Crippen LogP contribution in [0.5, 0.6) is 0 Å². The van der Waals surface area contributed by atoms with E-state index in [1.54, 1.807) is 0 Å². The van der Waals surface area contributed by atoms with Crippen molar-refractivity contribution in [1.29, 1.82) is 0 Å². The van der Waals surface area contributed by atoms with E-state index in [4.69, 9.17) is 9.47 Å². The van der Waals surface area contributed by atoms with Crippen LogP contribution in [-0.2, 0) is 19.1 Å². The lowest BCUT2D eigenvalue weighted by Gasteiger charge is -2.46. The topological polar surface area (TPSA) is 96.4 Å². The third-order valence-electron chi connectivity index (χ3n) is 12.0. The van der Waals surface area contributed by atoms with E-state index < -0.39 is 16.8 Å². The molecule has 2 N–H and O–H groups in total. The molecule has 3 aliphatic rings. The molecule has 8 atom stereocenters. The number of Topliss-reactive ketones (excluding diaryl/α,β-unsaturated/α-hetero) is 1. The zero-order valence-corrected chi connectivity index (χ0v) is 32.4. The lowest BCUT2D eigenvalue weighted by atomic mass is 9.61. The quantitative estimate of drug-likeness (QED) is 0.0693. The SMILES string of the molecule is CC(=O)O[C@H]1CC(C)(C)C(=CCC(C)CCCC(C)/C=C/CCC(C)CC/C=C(\C)C(=O)C[C@@]23O[C@]2(C)C[C@@H](O)CC3(C)C)[C@](C)(O)C1. The van der Waals surface area contributed by atoms with Crippen LogP contribution in [0.2, 0.25) is 0 Å². The molecular weight excluding hydrogens is 600 g/mol. The molecule has 0 aromatic carbocycles. The summed E-state index contributed by atoms with van der Waals surface area (Å²) in [5.41, 5.74) is -0.306. The summed E-state index contributed by atoms with van der Waals surface area (Å²) in [5.74, 6) is 1.61. The van der Waals surface area contributed by atoms with E-state index >= 15 is 0 Å². The van der Waals surface area contributed by atoms with Gasteiger partial charge < -0.3 is 19.7 Å². The smallest absolute Gasteiger partial charge is 0.302 e. The standard InChI is InChI=1S/C42H70O6/c1-29(18-14-19-31(3)22-23-37-38(6,7)26-35(47-33(5)43)27-40(37,10)46)16-12-13-17-30(2)20-15-21-32(4)36(45)28-42-39(8,9)24-34(44)25-41(42,11)48-42/h12,16,21,23,29-31,34-35,44,46H,13-15,17-20,22,24-28H2,1-11H3/b16-12+,32-21+,37-23?/t29?,30?,31?,34-,35-,40+,41+,42-/m0/s1. The molecule has 0 aromatic heterocycles. The van der Waals surface area contributed by atoms with Crippen molar-refractivity contribution < 1.29 is 29.3 Å². The first kappa shape index (κ1) is 40.7. The van der Waals surface area contributed by atoms with E-state index in [0.717, 1.165) is 49.7 Å². The first-order valence-electron chi connectivity index (χ1n) is 19.0. The van der Waals surface area contributed by atoms with Gasteiger partial charge in [0.25, 0.3) is 0 Å². The fraction of sp³-hybridized carbons (Fsp3) is 0.810. The highest BCUT2D eigenvalue weighted by atomic mass is 16.6. The monoisotopic (exact) mass is 671 g/mol. The number of fused-ring (bicyclic) bond motifs is 1. The molecule has 1 heterocycles. The summed E-state index contributed by atoms with van der Waals surface area (Å²) in [6, 6.07) is 0. The van der Waals surface area contributed by atoms with Crippen LogP contribution in [-0.4, -0.2) is 51.0 Å². The summed E-state index contributed by atoms with van der Waals surface area (Å²) in [6.45, 7) is 22.8. The third kappa shape index (κ3) is 10.4. The maximum absolute atomic E-state index is 13.2. The van der Waals surface area contributed by atoms with E-state index in [0.29, 0.717) is 43.4 Å². The number of carbonyl (C=O) groups excluding carboxylic acids is 2. The summed E-state index contributed by atoms with van der Waals surface area (Å²) in [4.78, 5) is 24.6. The Morgan fingerprint density at radius 1 is 0.917 bits per heavy atom. The minimum Gasteiger partial charge on any atom is -0.462 e. The van der Waals surface area contributed by atoms with E-state index in [1.165, 1.54) is 26.2 Å². The number of hydrogen-bond acceptors (Lipinski definition) is 6. The Balaban J connectivity index is 1.32. The van der Waals surface area contributed by atoms with Crippen LogP contribution in [0.4, 0.5) is 0 Å². The third-order valence-corrected chi connectivity index (χ3v) is 12.0. The van der Waals surface area contributed by atoms with Gasteiger partial charge in [-0.3, -0.25) is 9.59 Å². The van der Waals surface area contributed by atoms with Gasteiger partial charge in [0.2, 0.25) is 0 Å². The highest BCUT2D eigenvalue weighted by Crippen LogP contribution is 2.67. The van der Waals surface area contributed by atoms with Crippen molar-refractivity contribution >= 4 is 11.8 Å². The van der Waals surface area contributed by atoms with Gasteiger partial charge in [0, 0.05) is 26.2 Å². The zero-order valence-electron chi connectivity index (χ0n) is 32.4. The number of hydrogen-bond donors (Lipinski definition) is 2. The Bertz CT molecular complexity index is 1190. The molecule has 6 nitrogen and oxygen atoms in total. The molecule has 1 aliphatic heterocycles. The maximum Gasteiger partial charge on any atom is 0.302 e. The Morgan fingerprint density at radius 3 is 2.21 bits per heavy atom. The van der Waals surface area contributed by atoms with Gasteiger partial charge in [-0.1, -0.05) is 85.6 Å². The second-order valence-electron chi connectivity index (χ2n) is 17.9. The van der Waals surface area contributed by atoms with Crippen LogP contribution in [0.1, 0.15) is 160 Å². The minimum atomic E-state index is -0.958. The lowest BCUT2D eigenvalue weighted by Crippen LogP contribution is -2.48. The molecule has 0 spiro atoms. The van der Waals surface area contributed by atoms with Gasteiger partial charge in [-0.25, -0.2) is 0 Å². The summed E-state index contributed by atoms with van der Waals surface area (Å²) in [5, 5.41) is 21.5. The van der Waals surface area contributed by atoms with Crippen LogP contribution in [0.15, 0.2) is 35.5 Å². The molecule has 3 fully saturated rings. The van der Waals surface area contributed by atoms with E-state index in [2.05, 4.69) is 79.7 Å². The van der Waals surface area contributed by atoms with Gasteiger partial charge in [-0.2, -0.15) is 0 Å². The van der Waals surface area contributed by atoms with Gasteiger partial charge in [-0.15, -0.1) is 0 Å². The fourth-order valence-corrected chi connectivity index (χ4v) is 9.24. The zero-order chi connectivity index (χ0) is 36.1. The number of esters is 1. The molecule has 6 heteroatoms.